The van der Waals surface area contributed by atoms with Gasteiger partial charge in [-0.15, -0.1) is 0 Å². The van der Waals surface area contributed by atoms with E-state index in [1.165, 1.54) is 6.07 Å². The van der Waals surface area contributed by atoms with Crippen LogP contribution >= 0.6 is 11.6 Å². The average molecular weight is 264 g/mol. The molecule has 0 aliphatic heterocycles. The SMILES string of the molecule is COc1ccccc1-c1cc(Cl)cc(C(=O)O)n1. The fraction of sp³-hybridized carbons (Fsp3) is 0.0769. The molecule has 2 aromatic rings. The van der Waals surface area contributed by atoms with E-state index in [9.17, 15) is 4.79 Å². The Bertz CT molecular complexity index is 599. The van der Waals surface area contributed by atoms with Crippen LogP contribution in [0.25, 0.3) is 11.3 Å². The quantitative estimate of drug-likeness (QED) is 0.924. The molecular weight excluding hydrogens is 254 g/mol. The van der Waals surface area contributed by atoms with Crippen LogP contribution in [0.2, 0.25) is 5.02 Å². The molecule has 1 aromatic carbocycles. The van der Waals surface area contributed by atoms with Crippen molar-refractivity contribution in [3.05, 3.63) is 47.1 Å². The zero-order chi connectivity index (χ0) is 13.1. The van der Waals surface area contributed by atoms with Gasteiger partial charge in [0, 0.05) is 10.6 Å². The highest BCUT2D eigenvalue weighted by Gasteiger charge is 2.12. The van der Waals surface area contributed by atoms with Gasteiger partial charge in [0.2, 0.25) is 0 Å². The van der Waals surface area contributed by atoms with Crippen molar-refractivity contribution in [1.82, 2.24) is 4.98 Å². The summed E-state index contributed by atoms with van der Waals surface area (Å²) in [5.74, 6) is -0.503. The second-order valence-electron chi connectivity index (χ2n) is 3.56. The molecule has 1 heterocycles. The largest absolute Gasteiger partial charge is 0.496 e. The van der Waals surface area contributed by atoms with Gasteiger partial charge in [0.1, 0.15) is 11.4 Å². The Hall–Kier alpha value is -2.07. The van der Waals surface area contributed by atoms with E-state index in [-0.39, 0.29) is 5.69 Å². The molecule has 1 aromatic heterocycles. The summed E-state index contributed by atoms with van der Waals surface area (Å²) in [6.07, 6.45) is 0. The highest BCUT2D eigenvalue weighted by atomic mass is 35.5. The second kappa shape index (κ2) is 5.06. The van der Waals surface area contributed by atoms with Crippen molar-refractivity contribution >= 4 is 17.6 Å². The lowest BCUT2D eigenvalue weighted by molar-refractivity contribution is 0.0690. The first-order chi connectivity index (χ1) is 8.61. The monoisotopic (exact) mass is 263 g/mol. The molecule has 0 aliphatic rings. The van der Waals surface area contributed by atoms with Crippen LogP contribution in [-0.2, 0) is 0 Å². The number of carboxylic acids is 1. The first-order valence-electron chi connectivity index (χ1n) is 5.16. The Morgan fingerprint density at radius 3 is 2.72 bits per heavy atom. The summed E-state index contributed by atoms with van der Waals surface area (Å²) >= 11 is 5.90. The maximum atomic E-state index is 10.9. The van der Waals surface area contributed by atoms with Crippen LogP contribution in [0, 0.1) is 0 Å². The summed E-state index contributed by atoms with van der Waals surface area (Å²) in [4.78, 5) is 15.0. The molecule has 0 amide bonds. The van der Waals surface area contributed by atoms with Crippen molar-refractivity contribution in [3.63, 3.8) is 0 Å². The number of hydrogen-bond donors (Lipinski definition) is 1. The van der Waals surface area contributed by atoms with E-state index in [4.69, 9.17) is 21.4 Å². The van der Waals surface area contributed by atoms with Crippen molar-refractivity contribution < 1.29 is 14.6 Å². The second-order valence-corrected chi connectivity index (χ2v) is 4.00. The fourth-order valence-electron chi connectivity index (χ4n) is 1.60. The standard InChI is InChI=1S/C13H10ClNO3/c1-18-12-5-3-2-4-9(12)10-6-8(14)7-11(15-10)13(16)17/h2-7H,1H3,(H,16,17). The molecule has 0 atom stereocenters. The Balaban J connectivity index is 2.60. The number of benzene rings is 1. The average Bonchev–Trinajstić information content (AvgIpc) is 2.38. The molecule has 18 heavy (non-hydrogen) atoms. The van der Waals surface area contributed by atoms with Crippen molar-refractivity contribution in [2.45, 2.75) is 0 Å². The number of para-hydroxylation sites is 1. The van der Waals surface area contributed by atoms with Crippen LogP contribution in [0.3, 0.4) is 0 Å². The van der Waals surface area contributed by atoms with Crippen LogP contribution in [0.5, 0.6) is 5.75 Å². The predicted molar refractivity (Wildman–Crippen MR) is 68.2 cm³/mol. The number of carboxylic acid groups (broad SMARTS) is 1. The molecule has 0 unspecified atom stereocenters. The molecule has 0 saturated carbocycles. The number of rotatable bonds is 3. The van der Waals surface area contributed by atoms with E-state index in [1.807, 2.05) is 12.1 Å². The Kier molecular flexibility index (Phi) is 3.48. The predicted octanol–water partition coefficient (Wildman–Crippen LogP) is 3.11. The third kappa shape index (κ3) is 2.43. The van der Waals surface area contributed by atoms with E-state index in [1.54, 1.807) is 25.3 Å². The zero-order valence-corrected chi connectivity index (χ0v) is 10.3. The summed E-state index contributed by atoms with van der Waals surface area (Å²) in [7, 11) is 1.54. The fourth-order valence-corrected chi connectivity index (χ4v) is 1.81. The number of halogens is 1. The summed E-state index contributed by atoms with van der Waals surface area (Å²) in [5, 5.41) is 9.28. The highest BCUT2D eigenvalue weighted by molar-refractivity contribution is 6.31. The van der Waals surface area contributed by atoms with Crippen LogP contribution in [0.1, 0.15) is 10.5 Å². The molecule has 0 radical (unpaired) electrons. The molecule has 1 N–H and O–H groups in total. The minimum atomic E-state index is -1.12. The summed E-state index contributed by atoms with van der Waals surface area (Å²) < 4.78 is 5.21. The molecular formula is C13H10ClNO3. The normalized spacial score (nSPS) is 10.1. The highest BCUT2D eigenvalue weighted by Crippen LogP contribution is 2.29. The topological polar surface area (TPSA) is 59.4 Å². The molecule has 2 rings (SSSR count). The molecule has 0 bridgehead atoms. The van der Waals surface area contributed by atoms with Crippen LogP contribution in [-0.4, -0.2) is 23.2 Å². The Morgan fingerprint density at radius 1 is 1.33 bits per heavy atom. The minimum Gasteiger partial charge on any atom is -0.496 e. The number of aromatic carboxylic acids is 1. The van der Waals surface area contributed by atoms with Gasteiger partial charge in [0.25, 0.3) is 0 Å². The first-order valence-corrected chi connectivity index (χ1v) is 5.54. The van der Waals surface area contributed by atoms with Crippen molar-refractivity contribution in [2.24, 2.45) is 0 Å². The third-order valence-corrected chi connectivity index (χ3v) is 2.61. The van der Waals surface area contributed by atoms with Gasteiger partial charge in [-0.3, -0.25) is 0 Å². The van der Waals surface area contributed by atoms with Crippen LogP contribution in [0.15, 0.2) is 36.4 Å². The summed E-state index contributed by atoms with van der Waals surface area (Å²) in [6.45, 7) is 0. The van der Waals surface area contributed by atoms with Crippen molar-refractivity contribution in [2.75, 3.05) is 7.11 Å². The first kappa shape index (κ1) is 12.4. The number of nitrogens with zero attached hydrogens (tertiary/aromatic N) is 1. The van der Waals surface area contributed by atoms with Gasteiger partial charge in [-0.1, -0.05) is 23.7 Å². The van der Waals surface area contributed by atoms with E-state index >= 15 is 0 Å². The van der Waals surface area contributed by atoms with Gasteiger partial charge in [-0.25, -0.2) is 9.78 Å². The van der Waals surface area contributed by atoms with Gasteiger partial charge in [-0.2, -0.15) is 0 Å². The van der Waals surface area contributed by atoms with Crippen LogP contribution in [0.4, 0.5) is 0 Å². The van der Waals surface area contributed by atoms with Crippen molar-refractivity contribution in [1.29, 1.82) is 0 Å². The smallest absolute Gasteiger partial charge is 0.354 e. The zero-order valence-electron chi connectivity index (χ0n) is 9.55. The van der Waals surface area contributed by atoms with Gasteiger partial charge in [0.05, 0.1) is 12.8 Å². The Labute approximate surface area is 109 Å². The lowest BCUT2D eigenvalue weighted by Gasteiger charge is -2.08. The lowest BCUT2D eigenvalue weighted by Crippen LogP contribution is -2.01. The number of hydrogen-bond acceptors (Lipinski definition) is 3. The van der Waals surface area contributed by atoms with E-state index in [0.717, 1.165) is 0 Å². The van der Waals surface area contributed by atoms with E-state index in [2.05, 4.69) is 4.98 Å². The maximum absolute atomic E-state index is 10.9. The van der Waals surface area contributed by atoms with Gasteiger partial charge < -0.3 is 9.84 Å². The number of aromatic nitrogens is 1. The molecule has 0 fully saturated rings. The maximum Gasteiger partial charge on any atom is 0.354 e. The molecule has 92 valence electrons. The molecule has 0 aliphatic carbocycles. The number of pyridine rings is 1. The number of ether oxygens (including phenoxy) is 1. The molecule has 4 nitrogen and oxygen atoms in total. The van der Waals surface area contributed by atoms with Gasteiger partial charge in [-0.05, 0) is 24.3 Å². The minimum absolute atomic E-state index is 0.0941. The summed E-state index contributed by atoms with van der Waals surface area (Å²) in [6, 6.07) is 10.1. The lowest BCUT2D eigenvalue weighted by atomic mass is 10.1. The third-order valence-electron chi connectivity index (χ3n) is 2.39. The van der Waals surface area contributed by atoms with Gasteiger partial charge >= 0.3 is 5.97 Å². The van der Waals surface area contributed by atoms with Crippen molar-refractivity contribution in [3.8, 4) is 17.0 Å². The Morgan fingerprint density at radius 2 is 2.06 bits per heavy atom. The van der Waals surface area contributed by atoms with Crippen LogP contribution < -0.4 is 4.74 Å². The molecule has 0 saturated heterocycles. The summed E-state index contributed by atoms with van der Waals surface area (Å²) in [5.41, 5.74) is 1.07. The van der Waals surface area contributed by atoms with E-state index in [0.29, 0.717) is 22.0 Å². The van der Waals surface area contributed by atoms with Gasteiger partial charge in [0.15, 0.2) is 0 Å². The number of methoxy groups -OCH3 is 1. The number of carbonyl (C=O) groups is 1. The molecule has 0 spiro atoms. The molecule has 5 heteroatoms. The van der Waals surface area contributed by atoms with E-state index < -0.39 is 5.97 Å².